The molecule has 0 aliphatic heterocycles. The first-order valence-corrected chi connectivity index (χ1v) is 12.5. The molecular formula is C34H29N. The van der Waals surface area contributed by atoms with E-state index in [0.29, 0.717) is 5.92 Å². The summed E-state index contributed by atoms with van der Waals surface area (Å²) in [5.74, 6) is 0.602. The van der Waals surface area contributed by atoms with Crippen LogP contribution in [-0.2, 0) is 0 Å². The lowest BCUT2D eigenvalue weighted by Gasteiger charge is -2.11. The first-order valence-electron chi connectivity index (χ1n) is 12.5. The van der Waals surface area contributed by atoms with Gasteiger partial charge in [0.1, 0.15) is 0 Å². The van der Waals surface area contributed by atoms with Crippen molar-refractivity contribution in [3.63, 3.8) is 0 Å². The second kappa shape index (κ2) is 8.92. The highest BCUT2D eigenvalue weighted by atomic mass is 15.0. The van der Waals surface area contributed by atoms with Gasteiger partial charge in [-0.3, -0.25) is 0 Å². The van der Waals surface area contributed by atoms with Crippen LogP contribution in [0.5, 0.6) is 0 Å². The van der Waals surface area contributed by atoms with Gasteiger partial charge in [0.25, 0.3) is 0 Å². The van der Waals surface area contributed by atoms with Gasteiger partial charge in [-0.25, -0.2) is 0 Å². The highest BCUT2D eigenvalue weighted by molar-refractivity contribution is 6.15. The van der Waals surface area contributed by atoms with E-state index >= 15 is 0 Å². The fraction of sp³-hybridized carbons (Fsp3) is 0.118. The van der Waals surface area contributed by atoms with Crippen LogP contribution in [-0.4, -0.2) is 4.57 Å². The maximum Gasteiger partial charge on any atom is 0.0547 e. The maximum absolute atomic E-state index is 2.38. The van der Waals surface area contributed by atoms with Gasteiger partial charge in [0, 0.05) is 16.5 Å². The second-order valence-corrected chi connectivity index (χ2v) is 9.40. The lowest BCUT2D eigenvalue weighted by atomic mass is 9.94. The summed E-state index contributed by atoms with van der Waals surface area (Å²) in [6.07, 6.45) is 1.17. The van der Waals surface area contributed by atoms with E-state index in [4.69, 9.17) is 0 Å². The molecule has 6 aromatic rings. The summed E-state index contributed by atoms with van der Waals surface area (Å²) in [5.41, 5.74) is 10.1. The normalized spacial score (nSPS) is 12.3. The third kappa shape index (κ3) is 3.74. The molecule has 0 fully saturated rings. The fourth-order valence-electron chi connectivity index (χ4n) is 5.20. The van der Waals surface area contributed by atoms with Crippen LogP contribution in [0.2, 0.25) is 0 Å². The monoisotopic (exact) mass is 451 g/mol. The van der Waals surface area contributed by atoms with Crippen molar-refractivity contribution < 1.29 is 0 Å². The Kier molecular flexibility index (Phi) is 5.47. The molecule has 0 aliphatic rings. The number of aromatic nitrogens is 1. The molecule has 170 valence electrons. The van der Waals surface area contributed by atoms with E-state index in [9.17, 15) is 0 Å². The number of rotatable bonds is 5. The highest BCUT2D eigenvalue weighted by Crippen LogP contribution is 2.38. The first-order chi connectivity index (χ1) is 17.2. The van der Waals surface area contributed by atoms with Crippen LogP contribution < -0.4 is 0 Å². The van der Waals surface area contributed by atoms with Crippen LogP contribution in [0.15, 0.2) is 121 Å². The van der Waals surface area contributed by atoms with Crippen molar-refractivity contribution >= 4 is 21.8 Å². The Morgan fingerprint density at radius 2 is 1.17 bits per heavy atom. The van der Waals surface area contributed by atoms with Gasteiger partial charge in [-0.2, -0.15) is 0 Å². The van der Waals surface area contributed by atoms with Crippen molar-refractivity contribution in [3.05, 3.63) is 127 Å². The molecule has 1 heteroatoms. The molecule has 0 amide bonds. The summed E-state index contributed by atoms with van der Waals surface area (Å²) < 4.78 is 2.38. The predicted octanol–water partition coefficient (Wildman–Crippen LogP) is 9.63. The number of fused-ring (bicyclic) bond motifs is 3. The smallest absolute Gasteiger partial charge is 0.0547 e. The molecule has 1 nitrogen and oxygen atoms in total. The predicted molar refractivity (Wildman–Crippen MR) is 150 cm³/mol. The summed E-state index contributed by atoms with van der Waals surface area (Å²) in [6, 6.07) is 44.1. The number of hydrogen-bond acceptors (Lipinski definition) is 0. The van der Waals surface area contributed by atoms with Gasteiger partial charge < -0.3 is 4.57 Å². The Morgan fingerprint density at radius 1 is 0.571 bits per heavy atom. The van der Waals surface area contributed by atoms with Crippen molar-refractivity contribution in [2.75, 3.05) is 0 Å². The molecule has 0 spiro atoms. The highest BCUT2D eigenvalue weighted by Gasteiger charge is 2.15. The zero-order valence-corrected chi connectivity index (χ0v) is 20.3. The summed E-state index contributed by atoms with van der Waals surface area (Å²) in [4.78, 5) is 0. The van der Waals surface area contributed by atoms with E-state index in [1.54, 1.807) is 0 Å². The van der Waals surface area contributed by atoms with Gasteiger partial charge in [-0.15, -0.1) is 0 Å². The Morgan fingerprint density at radius 3 is 1.89 bits per heavy atom. The molecule has 5 aromatic carbocycles. The van der Waals surface area contributed by atoms with Gasteiger partial charge in [0.2, 0.25) is 0 Å². The minimum Gasteiger partial charge on any atom is -0.309 e. The molecule has 0 bridgehead atoms. The van der Waals surface area contributed by atoms with Crippen molar-refractivity contribution in [1.29, 1.82) is 0 Å². The SMILES string of the molecule is CCC(C)c1ccc(-c2ccc(-c3cccc4c3c3ccccc3n4-c3ccccc3)cc2)cc1. The molecule has 0 aliphatic carbocycles. The molecule has 0 saturated carbocycles. The van der Waals surface area contributed by atoms with Crippen LogP contribution in [0.1, 0.15) is 31.7 Å². The summed E-state index contributed by atoms with van der Waals surface area (Å²) >= 11 is 0. The number of benzene rings is 5. The van der Waals surface area contributed by atoms with Crippen LogP contribution in [0, 0.1) is 0 Å². The standard InChI is InChI=1S/C34H29N/c1-3-24(2)25-16-18-26(19-17-25)27-20-22-28(23-21-27)30-13-9-15-33-34(30)31-12-7-8-14-32(31)35(33)29-10-5-4-6-11-29/h4-24H,3H2,1-2H3. The van der Waals surface area contributed by atoms with Crippen molar-refractivity contribution in [3.8, 4) is 27.9 Å². The first kappa shape index (κ1) is 21.4. The van der Waals surface area contributed by atoms with E-state index in [1.165, 1.54) is 61.7 Å². The van der Waals surface area contributed by atoms with Crippen LogP contribution in [0.3, 0.4) is 0 Å². The largest absolute Gasteiger partial charge is 0.309 e. The van der Waals surface area contributed by atoms with Crippen LogP contribution in [0.25, 0.3) is 49.7 Å². The minimum absolute atomic E-state index is 0.602. The summed E-state index contributed by atoms with van der Waals surface area (Å²) in [6.45, 7) is 4.54. The van der Waals surface area contributed by atoms with Crippen LogP contribution >= 0.6 is 0 Å². The van der Waals surface area contributed by atoms with Crippen molar-refractivity contribution in [1.82, 2.24) is 4.57 Å². The van der Waals surface area contributed by atoms with Gasteiger partial charge >= 0.3 is 0 Å². The molecule has 1 atom stereocenters. The van der Waals surface area contributed by atoms with E-state index in [1.807, 2.05) is 0 Å². The molecule has 0 saturated heterocycles. The number of nitrogens with zero attached hydrogens (tertiary/aromatic N) is 1. The quantitative estimate of drug-likeness (QED) is 0.246. The second-order valence-electron chi connectivity index (χ2n) is 9.40. The molecule has 1 heterocycles. The van der Waals surface area contributed by atoms with E-state index in [-0.39, 0.29) is 0 Å². The molecule has 1 unspecified atom stereocenters. The number of para-hydroxylation sites is 2. The minimum atomic E-state index is 0.602. The maximum atomic E-state index is 2.38. The van der Waals surface area contributed by atoms with Gasteiger partial charge in [-0.05, 0) is 64.4 Å². The molecule has 6 rings (SSSR count). The van der Waals surface area contributed by atoms with Gasteiger partial charge in [0.05, 0.1) is 11.0 Å². The third-order valence-electron chi connectivity index (χ3n) is 7.33. The fourth-order valence-corrected chi connectivity index (χ4v) is 5.20. The van der Waals surface area contributed by atoms with Crippen molar-refractivity contribution in [2.45, 2.75) is 26.2 Å². The Balaban J connectivity index is 1.46. The molecule has 0 N–H and O–H groups in total. The lowest BCUT2D eigenvalue weighted by Crippen LogP contribution is -1.92. The topological polar surface area (TPSA) is 4.93 Å². The Hall–Kier alpha value is -4.10. The zero-order chi connectivity index (χ0) is 23.8. The third-order valence-corrected chi connectivity index (χ3v) is 7.33. The molecule has 0 radical (unpaired) electrons. The Bertz CT molecular complexity index is 1600. The molecular weight excluding hydrogens is 422 g/mol. The zero-order valence-electron chi connectivity index (χ0n) is 20.3. The Labute approximate surface area is 207 Å². The molecule has 1 aromatic heterocycles. The molecule has 35 heavy (non-hydrogen) atoms. The summed E-state index contributed by atoms with van der Waals surface area (Å²) in [7, 11) is 0. The van der Waals surface area contributed by atoms with Crippen LogP contribution in [0.4, 0.5) is 0 Å². The lowest BCUT2D eigenvalue weighted by molar-refractivity contribution is 0.734. The average Bonchev–Trinajstić information content (AvgIpc) is 3.28. The van der Waals surface area contributed by atoms with E-state index < -0.39 is 0 Å². The van der Waals surface area contributed by atoms with E-state index in [2.05, 4.69) is 140 Å². The van der Waals surface area contributed by atoms with E-state index in [0.717, 1.165) is 0 Å². The number of hydrogen-bond donors (Lipinski definition) is 0. The van der Waals surface area contributed by atoms with Crippen molar-refractivity contribution in [2.24, 2.45) is 0 Å². The summed E-state index contributed by atoms with van der Waals surface area (Å²) in [5, 5.41) is 2.59. The van der Waals surface area contributed by atoms with Gasteiger partial charge in [0.15, 0.2) is 0 Å². The van der Waals surface area contributed by atoms with Gasteiger partial charge in [-0.1, -0.05) is 111 Å². The average molecular weight is 452 g/mol.